The lowest BCUT2D eigenvalue weighted by Crippen LogP contribution is -2.03. The fourth-order valence-electron chi connectivity index (χ4n) is 8.27. The molecule has 0 N–H and O–H groups in total. The summed E-state index contributed by atoms with van der Waals surface area (Å²) in [7, 11) is 0. The maximum Gasteiger partial charge on any atom is 0.180 e. The van der Waals surface area contributed by atoms with Crippen molar-refractivity contribution in [1.82, 2.24) is 29.5 Å². The van der Waals surface area contributed by atoms with E-state index in [0.29, 0.717) is 62.4 Å². The Balaban J connectivity index is 1.18. The van der Waals surface area contributed by atoms with Gasteiger partial charge in [0.2, 0.25) is 0 Å². The van der Waals surface area contributed by atoms with Crippen LogP contribution in [-0.4, -0.2) is 29.5 Å². The predicted molar refractivity (Wildman–Crippen MR) is 250 cm³/mol. The molecule has 0 amide bonds. The lowest BCUT2D eigenvalue weighted by molar-refractivity contribution is 0.667. The fraction of sp³-hybridized carbons (Fsp3) is 0. The van der Waals surface area contributed by atoms with Crippen LogP contribution < -0.4 is 0 Å². The zero-order valence-corrected chi connectivity index (χ0v) is 32.8. The number of para-hydroxylation sites is 2. The van der Waals surface area contributed by atoms with Crippen molar-refractivity contribution < 1.29 is 11.3 Å². The van der Waals surface area contributed by atoms with Gasteiger partial charge in [-0.1, -0.05) is 164 Å². The summed E-state index contributed by atoms with van der Waals surface area (Å²) in [4.78, 5) is 25.9. The zero-order chi connectivity index (χ0) is 45.3. The second-order valence-electron chi connectivity index (χ2n) is 14.9. The summed E-state index contributed by atoms with van der Waals surface area (Å²) in [6.07, 6.45) is 0. The Bertz CT molecular complexity index is 3850. The van der Waals surface area contributed by atoms with Gasteiger partial charge in [0, 0.05) is 44.0 Å². The van der Waals surface area contributed by atoms with Crippen LogP contribution >= 0.6 is 0 Å². The Kier molecular flexibility index (Phi) is 7.19. The van der Waals surface area contributed by atoms with Crippen molar-refractivity contribution in [2.75, 3.05) is 0 Å². The van der Waals surface area contributed by atoms with Crippen molar-refractivity contribution in [3.8, 4) is 73.6 Å². The van der Waals surface area contributed by atoms with E-state index in [1.165, 1.54) is 0 Å². The Labute approximate surface area is 363 Å². The predicted octanol–water partition coefficient (Wildman–Crippen LogP) is 13.7. The number of benzene rings is 8. The monoisotopic (exact) mass is 799 g/mol. The van der Waals surface area contributed by atoms with Crippen LogP contribution in [0.2, 0.25) is 0 Å². The Morgan fingerprint density at radius 3 is 1.69 bits per heavy atom. The molecule has 0 aliphatic carbocycles. The van der Waals surface area contributed by atoms with Gasteiger partial charge in [-0.05, 0) is 53.6 Å². The van der Waals surface area contributed by atoms with E-state index in [1.807, 2.05) is 170 Å². The van der Waals surface area contributed by atoms with Crippen LogP contribution in [0.15, 0.2) is 211 Å². The summed E-state index contributed by atoms with van der Waals surface area (Å²) < 4.78 is 51.6. The van der Waals surface area contributed by atoms with Crippen LogP contribution in [0.4, 0.5) is 0 Å². The van der Waals surface area contributed by atoms with Crippen LogP contribution in [0.1, 0.15) is 6.85 Å². The first-order valence-electron chi connectivity index (χ1n) is 22.7. The van der Waals surface area contributed by atoms with Crippen LogP contribution in [0.25, 0.3) is 117 Å². The molecule has 0 atom stereocenters. The third-order valence-corrected chi connectivity index (χ3v) is 11.2. The highest BCUT2D eigenvalue weighted by Gasteiger charge is 2.23. The first-order valence-corrected chi connectivity index (χ1v) is 20.2. The SMILES string of the molecule is [2H]c1c([2H])c([2H])c(-c2ccc3c4ccccc4n(-c4ccc(-c5nc(-c6ccccc6)nc(-c6ccccc6)n5)cc4-c4nc(-c5ccccc5)c5oc6ccccc6c5n4)c3c2)c([2H])c1[2H]. The smallest absolute Gasteiger partial charge is 0.180 e. The van der Waals surface area contributed by atoms with E-state index in [-0.39, 0.29) is 17.6 Å². The maximum atomic E-state index is 8.88. The molecule has 7 heteroatoms. The van der Waals surface area contributed by atoms with Crippen molar-refractivity contribution >= 4 is 43.9 Å². The average Bonchev–Trinajstić information content (AvgIpc) is 3.93. The van der Waals surface area contributed by atoms with Gasteiger partial charge in [0.25, 0.3) is 0 Å². The highest BCUT2D eigenvalue weighted by Crippen LogP contribution is 2.41. The largest absolute Gasteiger partial charge is 0.452 e. The fourth-order valence-corrected chi connectivity index (χ4v) is 8.27. The second-order valence-corrected chi connectivity index (χ2v) is 14.9. The highest BCUT2D eigenvalue weighted by molar-refractivity contribution is 6.11. The zero-order valence-electron chi connectivity index (χ0n) is 37.8. The van der Waals surface area contributed by atoms with E-state index < -0.39 is 18.1 Å². The number of rotatable bonds is 7. The Hall–Kier alpha value is -8.55. The van der Waals surface area contributed by atoms with Gasteiger partial charge in [-0.15, -0.1) is 0 Å². The van der Waals surface area contributed by atoms with Crippen molar-refractivity contribution in [3.05, 3.63) is 206 Å². The highest BCUT2D eigenvalue weighted by atomic mass is 16.3. The molecule has 0 radical (unpaired) electrons. The average molecular weight is 800 g/mol. The number of aromatic nitrogens is 6. The number of nitrogens with zero attached hydrogens (tertiary/aromatic N) is 6. The molecule has 7 nitrogen and oxygen atoms in total. The van der Waals surface area contributed by atoms with Crippen LogP contribution in [0.3, 0.4) is 0 Å². The van der Waals surface area contributed by atoms with Gasteiger partial charge in [0.1, 0.15) is 16.8 Å². The number of furan rings is 1. The third-order valence-electron chi connectivity index (χ3n) is 11.2. The van der Waals surface area contributed by atoms with E-state index in [2.05, 4.69) is 10.6 Å². The summed E-state index contributed by atoms with van der Waals surface area (Å²) in [5.74, 6) is 1.91. The summed E-state index contributed by atoms with van der Waals surface area (Å²) in [6.45, 7) is 0. The van der Waals surface area contributed by atoms with Crippen molar-refractivity contribution in [1.29, 1.82) is 0 Å². The first kappa shape index (κ1) is 30.5. The molecule has 0 spiro atoms. The minimum absolute atomic E-state index is 0.117. The Morgan fingerprint density at radius 2 is 0.984 bits per heavy atom. The molecule has 12 aromatic rings. The van der Waals surface area contributed by atoms with E-state index in [0.717, 1.165) is 49.6 Å². The quantitative estimate of drug-likeness (QED) is 0.160. The molecule has 290 valence electrons. The molecule has 0 aliphatic heterocycles. The molecular formula is C55H34N6O. The van der Waals surface area contributed by atoms with Gasteiger partial charge < -0.3 is 8.98 Å². The number of hydrogen-bond donors (Lipinski definition) is 0. The summed E-state index contributed by atoms with van der Waals surface area (Å²) in [5, 5.41) is 2.70. The molecule has 0 aliphatic rings. The standard InChI is InChI=1S/C55H34N6O/c1-5-17-35(18-6-1)39-29-31-42-41-25-13-15-27-45(41)61(47(42)34-39)46-32-30-40(54-59-52(37-21-9-3-10-22-37)58-53(60-54)38-23-11-4-12-24-38)33-44(46)55-56-49(36-19-7-2-8-20-36)51-50(57-55)43-26-14-16-28-48(43)62-51/h1-34H/i1D,5D,6D,17D,18D. The van der Waals surface area contributed by atoms with Gasteiger partial charge in [-0.3, -0.25) is 0 Å². The third kappa shape index (κ3) is 6.02. The van der Waals surface area contributed by atoms with E-state index in [4.69, 9.17) is 36.2 Å². The van der Waals surface area contributed by atoms with Crippen LogP contribution in [0, 0.1) is 0 Å². The molecule has 12 rings (SSSR count). The molecule has 62 heavy (non-hydrogen) atoms. The molecular weight excluding hydrogens is 761 g/mol. The maximum absolute atomic E-state index is 8.88. The van der Waals surface area contributed by atoms with E-state index in [9.17, 15) is 0 Å². The summed E-state index contributed by atoms with van der Waals surface area (Å²) in [6, 6.07) is 55.4. The van der Waals surface area contributed by atoms with Gasteiger partial charge in [0.05, 0.1) is 23.6 Å². The summed E-state index contributed by atoms with van der Waals surface area (Å²) >= 11 is 0. The Morgan fingerprint density at radius 1 is 0.403 bits per heavy atom. The van der Waals surface area contributed by atoms with Gasteiger partial charge in [-0.2, -0.15) is 0 Å². The summed E-state index contributed by atoms with van der Waals surface area (Å²) in [5.41, 5.74) is 9.34. The minimum atomic E-state index is -0.444. The molecule has 4 aromatic heterocycles. The minimum Gasteiger partial charge on any atom is -0.452 e. The number of fused-ring (bicyclic) bond motifs is 6. The molecule has 0 saturated heterocycles. The van der Waals surface area contributed by atoms with Gasteiger partial charge in [-0.25, -0.2) is 24.9 Å². The van der Waals surface area contributed by atoms with Crippen molar-refractivity contribution in [3.63, 3.8) is 0 Å². The van der Waals surface area contributed by atoms with E-state index >= 15 is 0 Å². The van der Waals surface area contributed by atoms with Crippen molar-refractivity contribution in [2.45, 2.75) is 0 Å². The lowest BCUT2D eigenvalue weighted by Gasteiger charge is -2.16. The second kappa shape index (κ2) is 14.6. The number of hydrogen-bond acceptors (Lipinski definition) is 6. The normalized spacial score (nSPS) is 12.7. The molecule has 0 unspecified atom stereocenters. The molecule has 0 fully saturated rings. The molecule has 8 aromatic carbocycles. The van der Waals surface area contributed by atoms with Crippen LogP contribution in [-0.2, 0) is 0 Å². The molecule has 0 saturated carbocycles. The van der Waals surface area contributed by atoms with Gasteiger partial charge >= 0.3 is 0 Å². The van der Waals surface area contributed by atoms with Gasteiger partial charge in [0.15, 0.2) is 28.9 Å². The molecule has 0 bridgehead atoms. The first-order chi connectivity index (χ1) is 32.8. The topological polar surface area (TPSA) is 82.5 Å². The van der Waals surface area contributed by atoms with E-state index in [1.54, 1.807) is 0 Å². The lowest BCUT2D eigenvalue weighted by atomic mass is 10.0. The molecule has 4 heterocycles. The van der Waals surface area contributed by atoms with Crippen LogP contribution in [0.5, 0.6) is 0 Å². The van der Waals surface area contributed by atoms with Crippen molar-refractivity contribution in [2.24, 2.45) is 0 Å².